The molecule has 0 unspecified atom stereocenters. The van der Waals surface area contributed by atoms with Gasteiger partial charge in [0.25, 0.3) is 5.91 Å². The van der Waals surface area contributed by atoms with Crippen molar-refractivity contribution in [3.8, 4) is 11.3 Å². The molecule has 34 heavy (non-hydrogen) atoms. The lowest BCUT2D eigenvalue weighted by Crippen LogP contribution is -2.60. The first-order valence-corrected chi connectivity index (χ1v) is 11.7. The highest BCUT2D eigenvalue weighted by Crippen LogP contribution is 2.27. The lowest BCUT2D eigenvalue weighted by atomic mass is 9.87. The summed E-state index contributed by atoms with van der Waals surface area (Å²) in [5, 5.41) is 8.75. The van der Waals surface area contributed by atoms with Gasteiger partial charge in [0, 0.05) is 42.3 Å². The third-order valence-corrected chi connectivity index (χ3v) is 6.71. The van der Waals surface area contributed by atoms with E-state index in [0.29, 0.717) is 47.4 Å². The van der Waals surface area contributed by atoms with Crippen LogP contribution in [0.3, 0.4) is 0 Å². The number of halogens is 2. The number of ether oxygens (including phenoxy) is 1. The predicted octanol–water partition coefficient (Wildman–Crippen LogP) is 4.33. The minimum absolute atomic E-state index is 0.358. The van der Waals surface area contributed by atoms with Crippen LogP contribution in [0, 0.1) is 0 Å². The topological polar surface area (TPSA) is 76.5 Å². The van der Waals surface area contributed by atoms with Crippen molar-refractivity contribution < 1.29 is 14.3 Å². The van der Waals surface area contributed by atoms with Gasteiger partial charge in [-0.2, -0.15) is 5.10 Å². The van der Waals surface area contributed by atoms with Crippen molar-refractivity contribution >= 4 is 35.1 Å². The number of aryl methyl sites for hydroxylation is 1. The summed E-state index contributed by atoms with van der Waals surface area (Å²) >= 11 is 12.0. The van der Waals surface area contributed by atoms with E-state index in [9.17, 15) is 9.59 Å². The van der Waals surface area contributed by atoms with Crippen LogP contribution in [0.15, 0.2) is 54.6 Å². The highest BCUT2D eigenvalue weighted by atomic mass is 35.5. The molecule has 0 radical (unpaired) electrons. The van der Waals surface area contributed by atoms with Crippen LogP contribution in [0.5, 0.6) is 0 Å². The van der Waals surface area contributed by atoms with Gasteiger partial charge in [-0.1, -0.05) is 47.5 Å². The van der Waals surface area contributed by atoms with Gasteiger partial charge in [-0.3, -0.25) is 14.4 Å². The number of carbonyl (C=O) groups is 2. The number of rotatable bonds is 6. The van der Waals surface area contributed by atoms with Gasteiger partial charge in [0.15, 0.2) is 0 Å². The zero-order valence-electron chi connectivity index (χ0n) is 19.1. The van der Waals surface area contributed by atoms with Gasteiger partial charge in [-0.15, -0.1) is 0 Å². The van der Waals surface area contributed by atoms with Crippen molar-refractivity contribution in [3.63, 3.8) is 0 Å². The van der Waals surface area contributed by atoms with E-state index in [1.807, 2.05) is 36.4 Å². The maximum absolute atomic E-state index is 13.2. The summed E-state index contributed by atoms with van der Waals surface area (Å²) in [5.41, 5.74) is 1.90. The second-order valence-electron chi connectivity index (χ2n) is 8.48. The maximum atomic E-state index is 13.2. The average Bonchev–Trinajstić information content (AvgIpc) is 3.23. The molecule has 0 atom stereocenters. The number of methoxy groups -OCH3 is 1. The summed E-state index contributed by atoms with van der Waals surface area (Å²) < 4.78 is 6.60. The van der Waals surface area contributed by atoms with Gasteiger partial charge in [0.1, 0.15) is 11.2 Å². The monoisotopic (exact) mass is 500 g/mol. The third-order valence-electron chi connectivity index (χ3n) is 6.21. The number of likely N-dealkylation sites (tertiary alicyclic amines) is 1. The number of hydrogen-bond donors (Lipinski definition) is 1. The second kappa shape index (κ2) is 10.2. The molecule has 9 heteroatoms. The molecule has 1 fully saturated rings. The lowest BCUT2D eigenvalue weighted by molar-refractivity contribution is -0.150. The molecule has 0 saturated carbocycles. The van der Waals surface area contributed by atoms with E-state index in [1.54, 1.807) is 25.2 Å². The van der Waals surface area contributed by atoms with E-state index in [-0.39, 0.29) is 5.91 Å². The quantitative estimate of drug-likeness (QED) is 0.509. The lowest BCUT2D eigenvalue weighted by Gasteiger charge is -2.40. The Labute approximate surface area is 208 Å². The predicted molar refractivity (Wildman–Crippen MR) is 132 cm³/mol. The molecule has 3 aromatic rings. The normalized spacial score (nSPS) is 15.6. The van der Waals surface area contributed by atoms with E-state index in [2.05, 4.69) is 15.3 Å². The fourth-order valence-electron chi connectivity index (χ4n) is 4.24. The van der Waals surface area contributed by atoms with Crippen molar-refractivity contribution in [1.82, 2.24) is 20.0 Å². The molecule has 7 nitrogen and oxygen atoms in total. The number of nitrogens with zero attached hydrogens (tertiary/aromatic N) is 3. The van der Waals surface area contributed by atoms with Gasteiger partial charge in [-0.05, 0) is 48.7 Å². The molecule has 1 aliphatic heterocycles. The molecule has 0 spiro atoms. The summed E-state index contributed by atoms with van der Waals surface area (Å²) in [4.78, 5) is 28.3. The van der Waals surface area contributed by atoms with Crippen LogP contribution in [0.4, 0.5) is 0 Å². The van der Waals surface area contributed by atoms with Crippen LogP contribution in [0.25, 0.3) is 11.3 Å². The molecule has 4 rings (SSSR count). The molecule has 0 aliphatic carbocycles. The van der Waals surface area contributed by atoms with E-state index in [1.165, 1.54) is 11.8 Å². The molecule has 1 N–H and O–H groups in total. The minimum atomic E-state index is -1.09. The van der Waals surface area contributed by atoms with Crippen LogP contribution < -0.4 is 5.32 Å². The summed E-state index contributed by atoms with van der Waals surface area (Å²) in [5.74, 6) is -0.807. The summed E-state index contributed by atoms with van der Waals surface area (Å²) in [6, 6.07) is 16.7. The Bertz CT molecular complexity index is 1170. The number of hydrogen-bond acceptors (Lipinski definition) is 5. The zero-order valence-corrected chi connectivity index (χ0v) is 20.6. The Morgan fingerprint density at radius 3 is 2.21 bits per heavy atom. The SMILES string of the molecule is COC(=O)C1(NC(=O)c2cc(-c3ccc(Cl)cc3)nn2C)CCN(Cc2ccc(Cl)cc2)CC1. The molecule has 1 saturated heterocycles. The highest BCUT2D eigenvalue weighted by molar-refractivity contribution is 6.30. The van der Waals surface area contributed by atoms with Crippen LogP contribution in [-0.4, -0.2) is 52.3 Å². The van der Waals surface area contributed by atoms with E-state index >= 15 is 0 Å². The molecule has 1 aromatic heterocycles. The largest absolute Gasteiger partial charge is 0.467 e. The first-order chi connectivity index (χ1) is 16.3. The summed E-state index contributed by atoms with van der Waals surface area (Å²) in [6.07, 6.45) is 0.891. The Morgan fingerprint density at radius 1 is 1.03 bits per heavy atom. The van der Waals surface area contributed by atoms with Crippen molar-refractivity contribution in [2.45, 2.75) is 24.9 Å². The molecule has 2 aromatic carbocycles. The van der Waals surface area contributed by atoms with Gasteiger partial charge < -0.3 is 10.1 Å². The first-order valence-electron chi connectivity index (χ1n) is 11.0. The first kappa shape index (κ1) is 24.3. The molecule has 1 aliphatic rings. The number of nitrogens with one attached hydrogen (secondary N) is 1. The highest BCUT2D eigenvalue weighted by Gasteiger charge is 2.44. The molecular weight excluding hydrogens is 475 g/mol. The summed E-state index contributed by atoms with van der Waals surface area (Å²) in [7, 11) is 3.05. The Kier molecular flexibility index (Phi) is 7.26. The van der Waals surface area contributed by atoms with Crippen molar-refractivity contribution in [1.29, 1.82) is 0 Å². The zero-order chi connectivity index (χ0) is 24.3. The van der Waals surface area contributed by atoms with Gasteiger partial charge >= 0.3 is 5.97 Å². The Hall–Kier alpha value is -2.87. The number of benzene rings is 2. The van der Waals surface area contributed by atoms with E-state index < -0.39 is 11.5 Å². The number of piperidine rings is 1. The number of aromatic nitrogens is 2. The molecule has 0 bridgehead atoms. The van der Waals surface area contributed by atoms with E-state index in [0.717, 1.165) is 17.7 Å². The van der Waals surface area contributed by atoms with Gasteiger partial charge in [0.05, 0.1) is 12.8 Å². The van der Waals surface area contributed by atoms with Gasteiger partial charge in [-0.25, -0.2) is 4.79 Å². The third kappa shape index (κ3) is 5.27. The smallest absolute Gasteiger partial charge is 0.331 e. The van der Waals surface area contributed by atoms with Crippen molar-refractivity contribution in [2.75, 3.05) is 20.2 Å². The van der Waals surface area contributed by atoms with Crippen molar-refractivity contribution in [2.24, 2.45) is 7.05 Å². The number of amides is 1. The van der Waals surface area contributed by atoms with Crippen LogP contribution in [0.1, 0.15) is 28.9 Å². The minimum Gasteiger partial charge on any atom is -0.467 e. The molecule has 2 heterocycles. The van der Waals surface area contributed by atoms with Crippen LogP contribution >= 0.6 is 23.2 Å². The number of carbonyl (C=O) groups excluding carboxylic acids is 2. The fraction of sp³-hybridized carbons (Fsp3) is 0.320. The standard InChI is InChI=1S/C25H26Cl2N4O3/c1-30-22(15-21(29-30)18-5-9-20(27)10-6-18)23(32)28-25(24(33)34-2)11-13-31(14-12-25)16-17-3-7-19(26)8-4-17/h3-10,15H,11-14,16H2,1-2H3,(H,28,32). The average molecular weight is 501 g/mol. The van der Waals surface area contributed by atoms with E-state index in [4.69, 9.17) is 27.9 Å². The Morgan fingerprint density at radius 2 is 1.62 bits per heavy atom. The summed E-state index contributed by atoms with van der Waals surface area (Å²) in [6.45, 7) is 2.02. The fourth-order valence-corrected chi connectivity index (χ4v) is 4.49. The van der Waals surface area contributed by atoms with Gasteiger partial charge in [0.2, 0.25) is 0 Å². The molecule has 1 amide bonds. The number of esters is 1. The molecular formula is C25H26Cl2N4O3. The maximum Gasteiger partial charge on any atom is 0.331 e. The van der Waals surface area contributed by atoms with Crippen molar-refractivity contribution in [3.05, 3.63) is 75.9 Å². The van der Waals surface area contributed by atoms with Crippen LogP contribution in [0.2, 0.25) is 10.0 Å². The van der Waals surface area contributed by atoms with Crippen LogP contribution in [-0.2, 0) is 23.1 Å². The Balaban J connectivity index is 1.47. The molecule has 178 valence electrons. The second-order valence-corrected chi connectivity index (χ2v) is 9.35.